The first-order chi connectivity index (χ1) is 14.1. The number of hydrogen-bond donors (Lipinski definition) is 0. The van der Waals surface area contributed by atoms with Crippen molar-refractivity contribution in [2.75, 3.05) is 13.2 Å². The molecule has 148 valence electrons. The summed E-state index contributed by atoms with van der Waals surface area (Å²) < 4.78 is 26.4. The lowest BCUT2D eigenvalue weighted by Gasteiger charge is -2.22. The predicted molar refractivity (Wildman–Crippen MR) is 107 cm³/mol. The number of fused-ring (bicyclic) bond motifs is 4. The molecule has 29 heavy (non-hydrogen) atoms. The molecule has 1 amide bonds. The van der Waals surface area contributed by atoms with Crippen molar-refractivity contribution in [3.8, 4) is 5.75 Å². The minimum atomic E-state index is -0.662. The third kappa shape index (κ3) is 2.80. The molecule has 0 radical (unpaired) electrons. The summed E-state index contributed by atoms with van der Waals surface area (Å²) in [5, 5.41) is 0.993. The van der Waals surface area contributed by atoms with E-state index in [9.17, 15) is 14.0 Å². The molecule has 5 nitrogen and oxygen atoms in total. The van der Waals surface area contributed by atoms with E-state index >= 15 is 0 Å². The van der Waals surface area contributed by atoms with Crippen molar-refractivity contribution in [2.24, 2.45) is 5.92 Å². The van der Waals surface area contributed by atoms with Gasteiger partial charge in [-0.1, -0.05) is 30.3 Å². The number of esters is 1. The maximum Gasteiger partial charge on any atom is 0.314 e. The van der Waals surface area contributed by atoms with E-state index in [2.05, 4.69) is 0 Å². The van der Waals surface area contributed by atoms with Gasteiger partial charge < -0.3 is 14.4 Å². The smallest absolute Gasteiger partial charge is 0.314 e. The van der Waals surface area contributed by atoms with Crippen LogP contribution in [0.2, 0.25) is 0 Å². The van der Waals surface area contributed by atoms with Gasteiger partial charge in [0.25, 0.3) is 5.91 Å². The van der Waals surface area contributed by atoms with Crippen LogP contribution in [-0.4, -0.2) is 36.0 Å². The van der Waals surface area contributed by atoms with Gasteiger partial charge in [-0.3, -0.25) is 9.59 Å². The Morgan fingerprint density at radius 1 is 1.24 bits per heavy atom. The molecule has 2 aromatic carbocycles. The van der Waals surface area contributed by atoms with Crippen LogP contribution in [0.4, 0.5) is 4.39 Å². The SMILES string of the molecule is CCOC(=O)[C@@H]1CN(C(=O)c2cc3ccccc3s2)[C@H]2c3cccc(F)c3O[C@@H]12. The first-order valence-corrected chi connectivity index (χ1v) is 10.3. The van der Waals surface area contributed by atoms with E-state index in [0.717, 1.165) is 10.1 Å². The van der Waals surface area contributed by atoms with Crippen molar-refractivity contribution in [2.45, 2.75) is 19.1 Å². The normalized spacial score (nSPS) is 22.3. The van der Waals surface area contributed by atoms with Crippen LogP contribution in [0.15, 0.2) is 48.5 Å². The second-order valence-electron chi connectivity index (χ2n) is 7.15. The number of thiophene rings is 1. The average molecular weight is 411 g/mol. The van der Waals surface area contributed by atoms with Crippen LogP contribution in [0.3, 0.4) is 0 Å². The zero-order valence-corrected chi connectivity index (χ0v) is 16.4. The van der Waals surface area contributed by atoms with E-state index in [1.807, 2.05) is 30.3 Å². The number of ether oxygens (including phenoxy) is 2. The van der Waals surface area contributed by atoms with Gasteiger partial charge in [-0.25, -0.2) is 4.39 Å². The van der Waals surface area contributed by atoms with Gasteiger partial charge in [0.05, 0.1) is 17.5 Å². The Balaban J connectivity index is 1.55. The van der Waals surface area contributed by atoms with Gasteiger partial charge >= 0.3 is 5.97 Å². The highest BCUT2D eigenvalue weighted by atomic mass is 32.1. The molecule has 3 aromatic rings. The number of carbonyl (C=O) groups is 2. The van der Waals surface area contributed by atoms with Crippen LogP contribution < -0.4 is 4.74 Å². The fourth-order valence-corrected chi connectivity index (χ4v) is 5.25. The molecule has 3 heterocycles. The number of carbonyl (C=O) groups excluding carboxylic acids is 2. The Bertz CT molecular complexity index is 1090. The summed E-state index contributed by atoms with van der Waals surface area (Å²) in [7, 11) is 0. The fourth-order valence-electron chi connectivity index (χ4n) is 4.23. The summed E-state index contributed by atoms with van der Waals surface area (Å²) in [6.07, 6.45) is -0.653. The molecule has 0 saturated carbocycles. The molecule has 3 atom stereocenters. The maximum absolute atomic E-state index is 14.3. The van der Waals surface area contributed by atoms with E-state index in [1.54, 1.807) is 24.0 Å². The zero-order chi connectivity index (χ0) is 20.1. The predicted octanol–water partition coefficient (Wildman–Crippen LogP) is 4.18. The molecule has 0 unspecified atom stereocenters. The highest BCUT2D eigenvalue weighted by Gasteiger charge is 2.55. The van der Waals surface area contributed by atoms with E-state index < -0.39 is 29.9 Å². The van der Waals surface area contributed by atoms with Crippen LogP contribution in [0.25, 0.3) is 10.1 Å². The summed E-state index contributed by atoms with van der Waals surface area (Å²) in [6, 6.07) is 13.8. The molecule has 1 aromatic heterocycles. The lowest BCUT2D eigenvalue weighted by atomic mass is 9.98. The standard InChI is InChI=1S/C22H18FNO4S/c1-2-27-22(26)14-11-24(18-13-7-5-8-15(23)19(13)28-20(14)18)21(25)17-10-12-6-3-4-9-16(12)29-17/h3-10,14,18,20H,2,11H2,1H3/t14-,18+,20+/m1/s1. The third-order valence-electron chi connectivity index (χ3n) is 5.49. The number of para-hydroxylation sites is 1. The molecule has 5 rings (SSSR count). The molecule has 1 fully saturated rings. The van der Waals surface area contributed by atoms with E-state index in [0.29, 0.717) is 10.4 Å². The quantitative estimate of drug-likeness (QED) is 0.607. The molecule has 2 aliphatic rings. The monoisotopic (exact) mass is 411 g/mol. The maximum atomic E-state index is 14.3. The highest BCUT2D eigenvalue weighted by molar-refractivity contribution is 7.20. The number of halogens is 1. The molecular formula is C22H18FNO4S. The van der Waals surface area contributed by atoms with Crippen LogP contribution in [-0.2, 0) is 9.53 Å². The van der Waals surface area contributed by atoms with E-state index in [1.165, 1.54) is 17.4 Å². The van der Waals surface area contributed by atoms with Crippen LogP contribution >= 0.6 is 11.3 Å². The first-order valence-electron chi connectivity index (χ1n) is 9.49. The molecule has 0 bridgehead atoms. The first kappa shape index (κ1) is 18.1. The lowest BCUT2D eigenvalue weighted by Crippen LogP contribution is -2.31. The van der Waals surface area contributed by atoms with Crippen molar-refractivity contribution < 1.29 is 23.5 Å². The number of rotatable bonds is 3. The summed E-state index contributed by atoms with van der Waals surface area (Å²) in [6.45, 7) is 2.14. The Morgan fingerprint density at radius 3 is 2.86 bits per heavy atom. The van der Waals surface area contributed by atoms with Gasteiger partial charge in [0.2, 0.25) is 0 Å². The number of hydrogen-bond acceptors (Lipinski definition) is 5. The minimum absolute atomic E-state index is 0.116. The van der Waals surface area contributed by atoms with Crippen molar-refractivity contribution >= 4 is 33.3 Å². The Kier molecular flexibility index (Phi) is 4.28. The van der Waals surface area contributed by atoms with Gasteiger partial charge in [-0.15, -0.1) is 11.3 Å². The van der Waals surface area contributed by atoms with Crippen molar-refractivity contribution in [1.29, 1.82) is 0 Å². The Labute approximate surface area is 170 Å². The second-order valence-corrected chi connectivity index (χ2v) is 8.23. The van der Waals surface area contributed by atoms with Gasteiger partial charge in [-0.2, -0.15) is 0 Å². The topological polar surface area (TPSA) is 55.8 Å². The molecule has 2 aliphatic heterocycles. The summed E-state index contributed by atoms with van der Waals surface area (Å²) in [5.41, 5.74) is 0.594. The van der Waals surface area contributed by atoms with E-state index in [-0.39, 0.29) is 24.8 Å². The number of benzene rings is 2. The second kappa shape index (κ2) is 6.84. The van der Waals surface area contributed by atoms with E-state index in [4.69, 9.17) is 9.47 Å². The van der Waals surface area contributed by atoms with Crippen molar-refractivity contribution in [3.63, 3.8) is 0 Å². The number of nitrogens with zero attached hydrogens (tertiary/aromatic N) is 1. The zero-order valence-electron chi connectivity index (χ0n) is 15.6. The Morgan fingerprint density at radius 2 is 2.07 bits per heavy atom. The van der Waals surface area contributed by atoms with Gasteiger partial charge in [0, 0.05) is 16.8 Å². The van der Waals surface area contributed by atoms with Crippen molar-refractivity contribution in [3.05, 3.63) is 64.8 Å². The molecular weight excluding hydrogens is 393 g/mol. The lowest BCUT2D eigenvalue weighted by molar-refractivity contribution is -0.149. The minimum Gasteiger partial charge on any atom is -0.483 e. The largest absolute Gasteiger partial charge is 0.483 e. The average Bonchev–Trinajstić information content (AvgIpc) is 3.40. The van der Waals surface area contributed by atoms with Gasteiger partial charge in [-0.05, 0) is 30.5 Å². The van der Waals surface area contributed by atoms with Crippen LogP contribution in [0.1, 0.15) is 28.2 Å². The molecule has 7 heteroatoms. The van der Waals surface area contributed by atoms with Crippen LogP contribution in [0, 0.1) is 11.7 Å². The highest BCUT2D eigenvalue weighted by Crippen LogP contribution is 2.49. The van der Waals surface area contributed by atoms with Crippen molar-refractivity contribution in [1.82, 2.24) is 4.90 Å². The summed E-state index contributed by atoms with van der Waals surface area (Å²) in [5.74, 6) is -1.65. The molecule has 0 N–H and O–H groups in total. The number of likely N-dealkylation sites (tertiary alicyclic amines) is 1. The Hall–Kier alpha value is -2.93. The summed E-state index contributed by atoms with van der Waals surface area (Å²) >= 11 is 1.41. The molecule has 0 aliphatic carbocycles. The van der Waals surface area contributed by atoms with Gasteiger partial charge in [0.1, 0.15) is 12.0 Å². The third-order valence-corrected chi connectivity index (χ3v) is 6.60. The van der Waals surface area contributed by atoms with Crippen LogP contribution in [0.5, 0.6) is 5.75 Å². The summed E-state index contributed by atoms with van der Waals surface area (Å²) in [4.78, 5) is 28.2. The van der Waals surface area contributed by atoms with Gasteiger partial charge in [0.15, 0.2) is 11.6 Å². The number of amides is 1. The fraction of sp³-hybridized carbons (Fsp3) is 0.273. The molecule has 0 spiro atoms. The molecule has 1 saturated heterocycles.